The highest BCUT2D eigenvalue weighted by Crippen LogP contribution is 2.19. The van der Waals surface area contributed by atoms with Gasteiger partial charge >= 0.3 is 5.97 Å². The first-order valence-electron chi connectivity index (χ1n) is 6.23. The summed E-state index contributed by atoms with van der Waals surface area (Å²) < 4.78 is 6.99. The molecule has 106 valence electrons. The van der Waals surface area contributed by atoms with Gasteiger partial charge in [0.2, 0.25) is 0 Å². The van der Waals surface area contributed by atoms with E-state index in [0.717, 1.165) is 0 Å². The van der Waals surface area contributed by atoms with Gasteiger partial charge in [-0.25, -0.2) is 4.79 Å². The lowest BCUT2D eigenvalue weighted by Gasteiger charge is -2.07. The van der Waals surface area contributed by atoms with E-state index in [1.165, 1.54) is 6.07 Å². The molecular formula is C14H16ClN3O2. The van der Waals surface area contributed by atoms with Crippen LogP contribution in [-0.2, 0) is 11.3 Å². The average Bonchev–Trinajstić information content (AvgIpc) is 2.88. The maximum absolute atomic E-state index is 11.9. The third kappa shape index (κ3) is 3.30. The second-order valence-corrected chi connectivity index (χ2v) is 5.12. The summed E-state index contributed by atoms with van der Waals surface area (Å²) in [5.41, 5.74) is 7.02. The summed E-state index contributed by atoms with van der Waals surface area (Å²) >= 11 is 5.84. The minimum atomic E-state index is -0.510. The Kier molecular flexibility index (Phi) is 4.29. The van der Waals surface area contributed by atoms with E-state index < -0.39 is 5.97 Å². The van der Waals surface area contributed by atoms with Crippen molar-refractivity contribution < 1.29 is 9.53 Å². The third-order valence-electron chi connectivity index (χ3n) is 2.78. The van der Waals surface area contributed by atoms with Crippen LogP contribution in [0.5, 0.6) is 0 Å². The van der Waals surface area contributed by atoms with Crippen molar-refractivity contribution in [2.24, 2.45) is 0 Å². The van der Waals surface area contributed by atoms with Crippen LogP contribution >= 0.6 is 11.6 Å². The number of hydrogen-bond acceptors (Lipinski definition) is 4. The van der Waals surface area contributed by atoms with Crippen LogP contribution in [0.25, 0.3) is 0 Å². The number of carbonyl (C=O) groups excluding carboxylic acids is 1. The van der Waals surface area contributed by atoms with E-state index in [2.05, 4.69) is 5.10 Å². The highest BCUT2D eigenvalue weighted by molar-refractivity contribution is 6.31. The number of halogens is 1. The van der Waals surface area contributed by atoms with Crippen LogP contribution in [0.1, 0.15) is 35.9 Å². The molecule has 0 aliphatic heterocycles. The first-order chi connectivity index (χ1) is 9.47. The smallest absolute Gasteiger partial charge is 0.340 e. The predicted molar refractivity (Wildman–Crippen MR) is 77.6 cm³/mol. The molecule has 0 fully saturated rings. The summed E-state index contributed by atoms with van der Waals surface area (Å²) in [6, 6.07) is 6.77. The average molecular weight is 294 g/mol. The SMILES string of the molecule is CC(C)n1ccc(COC(=O)c2cc(Cl)ccc2N)n1. The molecule has 0 aliphatic rings. The number of anilines is 1. The van der Waals surface area contributed by atoms with E-state index in [9.17, 15) is 4.79 Å². The lowest BCUT2D eigenvalue weighted by Crippen LogP contribution is -2.09. The van der Waals surface area contributed by atoms with Gasteiger partial charge in [0.05, 0.1) is 11.3 Å². The first-order valence-corrected chi connectivity index (χ1v) is 6.61. The zero-order chi connectivity index (χ0) is 14.7. The molecule has 0 aliphatic carbocycles. The molecule has 2 aromatic rings. The number of aromatic nitrogens is 2. The van der Waals surface area contributed by atoms with E-state index in [4.69, 9.17) is 22.1 Å². The number of ether oxygens (including phenoxy) is 1. The van der Waals surface area contributed by atoms with Crippen molar-refractivity contribution in [2.75, 3.05) is 5.73 Å². The van der Waals surface area contributed by atoms with Gasteiger partial charge in [-0.05, 0) is 38.1 Å². The van der Waals surface area contributed by atoms with Crippen LogP contribution in [0, 0.1) is 0 Å². The molecule has 2 rings (SSSR count). The Morgan fingerprint density at radius 3 is 2.85 bits per heavy atom. The Hall–Kier alpha value is -2.01. The summed E-state index contributed by atoms with van der Waals surface area (Å²) in [5, 5.41) is 4.74. The van der Waals surface area contributed by atoms with Gasteiger partial charge in [0.1, 0.15) is 6.61 Å². The van der Waals surface area contributed by atoms with Crippen molar-refractivity contribution in [3.05, 3.63) is 46.7 Å². The van der Waals surface area contributed by atoms with Crippen molar-refractivity contribution in [2.45, 2.75) is 26.5 Å². The quantitative estimate of drug-likeness (QED) is 0.695. The fourth-order valence-electron chi connectivity index (χ4n) is 1.66. The van der Waals surface area contributed by atoms with Gasteiger partial charge in [-0.1, -0.05) is 11.6 Å². The van der Waals surface area contributed by atoms with Crippen molar-refractivity contribution in [3.63, 3.8) is 0 Å². The summed E-state index contributed by atoms with van der Waals surface area (Å²) in [5.74, 6) is -0.510. The van der Waals surface area contributed by atoms with Gasteiger partial charge in [0, 0.05) is 22.9 Å². The molecule has 0 saturated carbocycles. The Morgan fingerprint density at radius 1 is 1.45 bits per heavy atom. The van der Waals surface area contributed by atoms with E-state index in [0.29, 0.717) is 16.4 Å². The maximum atomic E-state index is 11.9. The molecule has 0 bridgehead atoms. The summed E-state index contributed by atoms with van der Waals surface area (Å²) in [7, 11) is 0. The number of hydrogen-bond donors (Lipinski definition) is 1. The summed E-state index contributed by atoms with van der Waals surface area (Å²) in [6.07, 6.45) is 1.85. The van der Waals surface area contributed by atoms with Crippen LogP contribution in [0.3, 0.4) is 0 Å². The lowest BCUT2D eigenvalue weighted by atomic mass is 10.2. The molecule has 6 heteroatoms. The van der Waals surface area contributed by atoms with Crippen molar-refractivity contribution in [1.82, 2.24) is 9.78 Å². The predicted octanol–water partition coefficient (Wildman–Crippen LogP) is 3.06. The number of carbonyl (C=O) groups is 1. The van der Waals surface area contributed by atoms with Gasteiger partial charge in [-0.15, -0.1) is 0 Å². The monoisotopic (exact) mass is 293 g/mol. The molecule has 0 atom stereocenters. The van der Waals surface area contributed by atoms with Gasteiger partial charge in [0.15, 0.2) is 0 Å². The van der Waals surface area contributed by atoms with Gasteiger partial charge in [-0.3, -0.25) is 4.68 Å². The fraction of sp³-hybridized carbons (Fsp3) is 0.286. The van der Waals surface area contributed by atoms with Crippen molar-refractivity contribution in [3.8, 4) is 0 Å². The maximum Gasteiger partial charge on any atom is 0.340 e. The summed E-state index contributed by atoms with van der Waals surface area (Å²) in [4.78, 5) is 11.9. The minimum Gasteiger partial charge on any atom is -0.455 e. The zero-order valence-electron chi connectivity index (χ0n) is 11.3. The van der Waals surface area contributed by atoms with Gasteiger partial charge in [0.25, 0.3) is 0 Å². The van der Waals surface area contributed by atoms with Crippen molar-refractivity contribution in [1.29, 1.82) is 0 Å². The molecule has 1 aromatic carbocycles. The van der Waals surface area contributed by atoms with Crippen LogP contribution in [0.4, 0.5) is 5.69 Å². The molecule has 0 unspecified atom stereocenters. The molecular weight excluding hydrogens is 278 g/mol. The number of rotatable bonds is 4. The molecule has 0 spiro atoms. The highest BCUT2D eigenvalue weighted by atomic mass is 35.5. The Balaban J connectivity index is 2.02. The Bertz CT molecular complexity index is 623. The van der Waals surface area contributed by atoms with Crippen LogP contribution in [0.2, 0.25) is 5.02 Å². The van der Waals surface area contributed by atoms with Crippen molar-refractivity contribution >= 4 is 23.3 Å². The normalized spacial score (nSPS) is 10.8. The topological polar surface area (TPSA) is 70.1 Å². The molecule has 0 amide bonds. The molecule has 1 aromatic heterocycles. The number of benzene rings is 1. The Morgan fingerprint density at radius 2 is 2.20 bits per heavy atom. The van der Waals surface area contributed by atoms with E-state index in [-0.39, 0.29) is 18.2 Å². The summed E-state index contributed by atoms with van der Waals surface area (Å²) in [6.45, 7) is 4.15. The second-order valence-electron chi connectivity index (χ2n) is 4.69. The standard InChI is InChI=1S/C14H16ClN3O2/c1-9(2)18-6-5-11(17-18)8-20-14(19)12-7-10(15)3-4-13(12)16/h3-7,9H,8,16H2,1-2H3. The fourth-order valence-corrected chi connectivity index (χ4v) is 1.84. The van der Waals surface area contributed by atoms with Gasteiger partial charge in [-0.2, -0.15) is 5.10 Å². The van der Waals surface area contributed by atoms with Crippen LogP contribution < -0.4 is 5.73 Å². The highest BCUT2D eigenvalue weighted by Gasteiger charge is 2.13. The number of nitrogen functional groups attached to an aromatic ring is 1. The minimum absolute atomic E-state index is 0.102. The third-order valence-corrected chi connectivity index (χ3v) is 3.01. The van der Waals surface area contributed by atoms with Crippen LogP contribution in [0.15, 0.2) is 30.5 Å². The van der Waals surface area contributed by atoms with Gasteiger partial charge < -0.3 is 10.5 Å². The Labute approximate surface area is 122 Å². The molecule has 2 N–H and O–H groups in total. The number of esters is 1. The molecule has 20 heavy (non-hydrogen) atoms. The molecule has 0 saturated heterocycles. The zero-order valence-corrected chi connectivity index (χ0v) is 12.1. The first kappa shape index (κ1) is 14.4. The molecule has 1 heterocycles. The number of nitrogens with zero attached hydrogens (tertiary/aromatic N) is 2. The number of nitrogens with two attached hydrogens (primary N) is 1. The lowest BCUT2D eigenvalue weighted by molar-refractivity contribution is 0.0468. The van der Waals surface area contributed by atoms with Crippen LogP contribution in [-0.4, -0.2) is 15.7 Å². The van der Waals surface area contributed by atoms with E-state index in [1.54, 1.807) is 16.8 Å². The molecule has 5 nitrogen and oxygen atoms in total. The largest absolute Gasteiger partial charge is 0.455 e. The van der Waals surface area contributed by atoms with E-state index in [1.807, 2.05) is 26.1 Å². The second kappa shape index (κ2) is 5.96. The van der Waals surface area contributed by atoms with E-state index >= 15 is 0 Å². The molecule has 0 radical (unpaired) electrons.